The van der Waals surface area contributed by atoms with E-state index in [0.717, 1.165) is 44.2 Å². The monoisotopic (exact) mass is 395 g/mol. The second-order valence-corrected chi connectivity index (χ2v) is 7.39. The number of rotatable bonds is 5. The summed E-state index contributed by atoms with van der Waals surface area (Å²) in [6.07, 6.45) is 0.275. The van der Waals surface area contributed by atoms with E-state index < -0.39 is 0 Å². The minimum Gasteiger partial charge on any atom is -0.464 e. The van der Waals surface area contributed by atoms with Crippen LogP contribution in [0.2, 0.25) is 0 Å². The normalized spacial score (nSPS) is 11.4. The molecule has 30 heavy (non-hydrogen) atoms. The molecule has 5 nitrogen and oxygen atoms in total. The summed E-state index contributed by atoms with van der Waals surface area (Å²) in [6.45, 7) is 2.89. The number of fused-ring (bicyclic) bond motifs is 4. The van der Waals surface area contributed by atoms with E-state index >= 15 is 0 Å². The summed E-state index contributed by atoms with van der Waals surface area (Å²) in [5.74, 6) is -0.227. The zero-order chi connectivity index (χ0) is 20.5. The van der Waals surface area contributed by atoms with Gasteiger partial charge in [0.15, 0.2) is 5.65 Å². The highest BCUT2D eigenvalue weighted by molar-refractivity contribution is 6.07. The maximum Gasteiger partial charge on any atom is 0.310 e. The highest BCUT2D eigenvalue weighted by Crippen LogP contribution is 2.30. The molecule has 0 bridgehead atoms. The van der Waals surface area contributed by atoms with E-state index in [4.69, 9.17) is 14.7 Å². The van der Waals surface area contributed by atoms with Crippen LogP contribution >= 0.6 is 0 Å². The van der Waals surface area contributed by atoms with E-state index in [1.54, 1.807) is 0 Å². The van der Waals surface area contributed by atoms with Crippen LogP contribution in [0, 0.1) is 6.92 Å². The maximum atomic E-state index is 12.3. The average molecular weight is 395 g/mol. The van der Waals surface area contributed by atoms with Gasteiger partial charge in [-0.1, -0.05) is 60.7 Å². The van der Waals surface area contributed by atoms with E-state index in [2.05, 4.69) is 23.6 Å². The second-order valence-electron chi connectivity index (χ2n) is 7.39. The quantitative estimate of drug-likeness (QED) is 0.400. The molecule has 0 saturated heterocycles. The largest absolute Gasteiger partial charge is 0.464 e. The fourth-order valence-corrected chi connectivity index (χ4v) is 3.96. The highest BCUT2D eigenvalue weighted by Gasteiger charge is 2.16. The summed E-state index contributed by atoms with van der Waals surface area (Å²) >= 11 is 0. The van der Waals surface area contributed by atoms with Crippen LogP contribution < -0.4 is 0 Å². The van der Waals surface area contributed by atoms with E-state index in [1.165, 1.54) is 0 Å². The zero-order valence-corrected chi connectivity index (χ0v) is 16.7. The minimum absolute atomic E-state index is 0.227. The molecule has 0 spiro atoms. The maximum absolute atomic E-state index is 12.3. The van der Waals surface area contributed by atoms with Gasteiger partial charge in [0, 0.05) is 5.39 Å². The predicted molar refractivity (Wildman–Crippen MR) is 118 cm³/mol. The van der Waals surface area contributed by atoms with Crippen molar-refractivity contribution < 1.29 is 9.53 Å². The smallest absolute Gasteiger partial charge is 0.310 e. The molecule has 0 saturated carbocycles. The van der Waals surface area contributed by atoms with Crippen molar-refractivity contribution in [2.45, 2.75) is 19.9 Å². The lowest BCUT2D eigenvalue weighted by Gasteiger charge is -2.10. The van der Waals surface area contributed by atoms with Crippen molar-refractivity contribution in [3.8, 4) is 0 Å². The first-order valence-corrected chi connectivity index (χ1v) is 10.0. The van der Waals surface area contributed by atoms with Gasteiger partial charge in [0.1, 0.15) is 12.1 Å². The van der Waals surface area contributed by atoms with Gasteiger partial charge in [0.2, 0.25) is 0 Å². The molecule has 2 aromatic heterocycles. The Kier molecular flexibility index (Phi) is 4.64. The number of hydrogen-bond donors (Lipinski definition) is 0. The zero-order valence-electron chi connectivity index (χ0n) is 16.7. The number of carbonyl (C=O) groups is 1. The topological polar surface area (TPSA) is 57.0 Å². The molecule has 0 amide bonds. The van der Waals surface area contributed by atoms with Crippen LogP contribution in [0.15, 0.2) is 72.8 Å². The van der Waals surface area contributed by atoms with Crippen molar-refractivity contribution in [1.82, 2.24) is 14.5 Å². The highest BCUT2D eigenvalue weighted by atomic mass is 16.5. The van der Waals surface area contributed by atoms with Gasteiger partial charge in [-0.3, -0.25) is 4.79 Å². The number of esters is 1. The summed E-state index contributed by atoms with van der Waals surface area (Å²) in [6, 6.07) is 23.7. The van der Waals surface area contributed by atoms with E-state index in [0.29, 0.717) is 6.54 Å². The number of para-hydroxylation sites is 3. The second kappa shape index (κ2) is 7.59. The molecule has 5 heteroatoms. The lowest BCUT2D eigenvalue weighted by atomic mass is 10.1. The molecule has 0 atom stereocenters. The molecule has 148 valence electrons. The molecule has 0 aliphatic rings. The molecule has 0 N–H and O–H groups in total. The van der Waals surface area contributed by atoms with Crippen LogP contribution in [0.3, 0.4) is 0 Å². The Bertz CT molecular complexity index is 1370. The molecular formula is C25H21N3O2. The SMILES string of the molecule is Cc1cccc2c3nc4ccccc4nc3n(CCOC(=O)Cc3ccccc3)c12. The Hall–Kier alpha value is -3.73. The molecule has 0 radical (unpaired) electrons. The van der Waals surface area contributed by atoms with Gasteiger partial charge in [-0.2, -0.15) is 0 Å². The van der Waals surface area contributed by atoms with E-state index in [9.17, 15) is 4.79 Å². The van der Waals surface area contributed by atoms with Crippen LogP contribution in [0.25, 0.3) is 33.1 Å². The van der Waals surface area contributed by atoms with E-state index in [1.807, 2.05) is 60.7 Å². The van der Waals surface area contributed by atoms with Gasteiger partial charge in [0.05, 0.1) is 29.5 Å². The molecule has 3 aromatic carbocycles. The summed E-state index contributed by atoms with van der Waals surface area (Å²) in [5, 5.41) is 1.07. The number of aromatic nitrogens is 3. The Balaban J connectivity index is 1.48. The molecule has 2 heterocycles. The van der Waals surface area contributed by atoms with Crippen LogP contribution in [0.5, 0.6) is 0 Å². The third-order valence-corrected chi connectivity index (χ3v) is 5.34. The standard InChI is InChI=1S/C25H21N3O2/c1-17-8-7-11-19-23-25(27-21-13-6-5-12-20(21)26-23)28(24(17)19)14-15-30-22(29)16-18-9-3-2-4-10-18/h2-13H,14-16H2,1H3. The Morgan fingerprint density at radius 1 is 0.900 bits per heavy atom. The fourth-order valence-electron chi connectivity index (χ4n) is 3.96. The third kappa shape index (κ3) is 3.28. The first-order chi connectivity index (χ1) is 14.7. The van der Waals surface area contributed by atoms with Gasteiger partial charge >= 0.3 is 5.97 Å². The first-order valence-electron chi connectivity index (χ1n) is 10.0. The van der Waals surface area contributed by atoms with Crippen molar-refractivity contribution in [2.75, 3.05) is 6.61 Å². The number of carbonyl (C=O) groups excluding carboxylic acids is 1. The van der Waals surface area contributed by atoms with Crippen molar-refractivity contribution in [3.63, 3.8) is 0 Å². The summed E-state index contributed by atoms with van der Waals surface area (Å²) in [4.78, 5) is 22.0. The Morgan fingerprint density at radius 2 is 1.63 bits per heavy atom. The summed E-state index contributed by atoms with van der Waals surface area (Å²) in [5.41, 5.74) is 6.61. The molecule has 0 fully saturated rings. The van der Waals surface area contributed by atoms with Crippen LogP contribution in [-0.2, 0) is 22.5 Å². The molecule has 0 aliphatic carbocycles. The van der Waals surface area contributed by atoms with Gasteiger partial charge < -0.3 is 9.30 Å². The minimum atomic E-state index is -0.227. The predicted octanol–water partition coefficient (Wildman–Crippen LogP) is 4.83. The van der Waals surface area contributed by atoms with Gasteiger partial charge in [-0.25, -0.2) is 9.97 Å². The fraction of sp³-hybridized carbons (Fsp3) is 0.160. The number of ether oxygens (including phenoxy) is 1. The average Bonchev–Trinajstić information content (AvgIpc) is 3.07. The Morgan fingerprint density at radius 3 is 2.43 bits per heavy atom. The number of nitrogens with zero attached hydrogens (tertiary/aromatic N) is 3. The number of aryl methyl sites for hydroxylation is 1. The van der Waals surface area contributed by atoms with Gasteiger partial charge in [-0.05, 0) is 30.2 Å². The molecule has 5 rings (SSSR count). The number of hydrogen-bond acceptors (Lipinski definition) is 4. The summed E-state index contributed by atoms with van der Waals surface area (Å²) in [7, 11) is 0. The molecule has 0 unspecified atom stereocenters. The van der Waals surface area contributed by atoms with E-state index in [-0.39, 0.29) is 19.0 Å². The first kappa shape index (κ1) is 18.3. The van der Waals surface area contributed by atoms with Crippen LogP contribution in [0.1, 0.15) is 11.1 Å². The lowest BCUT2D eigenvalue weighted by Crippen LogP contribution is -2.13. The molecule has 0 aliphatic heterocycles. The summed E-state index contributed by atoms with van der Waals surface area (Å²) < 4.78 is 7.66. The van der Waals surface area contributed by atoms with Crippen LogP contribution in [0.4, 0.5) is 0 Å². The van der Waals surface area contributed by atoms with Gasteiger partial charge in [-0.15, -0.1) is 0 Å². The Labute approximate surface area is 173 Å². The van der Waals surface area contributed by atoms with Crippen molar-refractivity contribution in [3.05, 3.63) is 83.9 Å². The number of benzene rings is 3. The van der Waals surface area contributed by atoms with Crippen molar-refractivity contribution in [2.24, 2.45) is 0 Å². The molecule has 5 aromatic rings. The third-order valence-electron chi connectivity index (χ3n) is 5.34. The van der Waals surface area contributed by atoms with Crippen LogP contribution in [-0.4, -0.2) is 27.1 Å². The van der Waals surface area contributed by atoms with Crippen molar-refractivity contribution in [1.29, 1.82) is 0 Å². The molecular weight excluding hydrogens is 374 g/mol. The van der Waals surface area contributed by atoms with Gasteiger partial charge in [0.25, 0.3) is 0 Å². The lowest BCUT2D eigenvalue weighted by molar-refractivity contribution is -0.143. The van der Waals surface area contributed by atoms with Crippen molar-refractivity contribution >= 4 is 39.1 Å².